The Morgan fingerprint density at radius 3 is 2.00 bits per heavy atom. The highest BCUT2D eigenvalue weighted by molar-refractivity contribution is 5.39. The molecule has 0 aromatic rings. The summed E-state index contributed by atoms with van der Waals surface area (Å²) in [6.07, 6.45) is 1.54. The highest BCUT2D eigenvalue weighted by atomic mass is 16.1. The average Bonchev–Trinajstić information content (AvgIpc) is 1.90. The van der Waals surface area contributed by atoms with Crippen molar-refractivity contribution in [1.29, 1.82) is 0 Å². The van der Waals surface area contributed by atoms with Gasteiger partial charge in [-0.25, -0.2) is 9.59 Å². The smallest absolute Gasteiger partial charge is 0.211 e. The van der Waals surface area contributed by atoms with Gasteiger partial charge in [-0.1, -0.05) is 5.92 Å². The highest BCUT2D eigenvalue weighted by Gasteiger charge is 1.94. The molecule has 4 nitrogen and oxygen atoms in total. The zero-order valence-corrected chi connectivity index (χ0v) is 5.29. The van der Waals surface area contributed by atoms with E-state index in [1.165, 1.54) is 12.2 Å². The molecule has 0 radical (unpaired) electrons. The van der Waals surface area contributed by atoms with Gasteiger partial charge in [0, 0.05) is 0 Å². The molecule has 0 saturated carbocycles. The SMILES string of the molecule is CC#CC(N=C=O)N=C=O. The van der Waals surface area contributed by atoms with Crippen LogP contribution in [0.3, 0.4) is 0 Å². The minimum absolute atomic E-state index is 0.931. The Hall–Kier alpha value is -1.68. The van der Waals surface area contributed by atoms with E-state index in [0.29, 0.717) is 0 Å². The summed E-state index contributed by atoms with van der Waals surface area (Å²) in [7, 11) is 0. The first-order chi connectivity index (χ1) is 4.85. The molecule has 0 rings (SSSR count). The second-order valence-corrected chi connectivity index (χ2v) is 1.21. The molecule has 0 aromatic heterocycles. The van der Waals surface area contributed by atoms with Crippen LogP contribution >= 0.6 is 0 Å². The van der Waals surface area contributed by atoms with Crippen LogP contribution in [0.25, 0.3) is 0 Å². The Kier molecular flexibility index (Phi) is 4.54. The zero-order chi connectivity index (χ0) is 7.82. The number of aliphatic imine (C=N–C) groups is 2. The van der Waals surface area contributed by atoms with Crippen molar-refractivity contribution in [1.82, 2.24) is 0 Å². The van der Waals surface area contributed by atoms with Gasteiger partial charge in [0.2, 0.25) is 18.3 Å². The molecule has 0 aliphatic rings. The van der Waals surface area contributed by atoms with Gasteiger partial charge in [0.05, 0.1) is 0 Å². The van der Waals surface area contributed by atoms with Crippen LogP contribution in [-0.4, -0.2) is 18.3 Å². The van der Waals surface area contributed by atoms with E-state index in [0.717, 1.165) is 0 Å². The summed E-state index contributed by atoms with van der Waals surface area (Å²) >= 11 is 0. The lowest BCUT2D eigenvalue weighted by molar-refractivity contribution is 0.557. The van der Waals surface area contributed by atoms with Crippen LogP contribution in [-0.2, 0) is 9.59 Å². The lowest BCUT2D eigenvalue weighted by Crippen LogP contribution is -1.93. The minimum Gasteiger partial charge on any atom is -0.211 e. The van der Waals surface area contributed by atoms with Crippen molar-refractivity contribution in [2.75, 3.05) is 0 Å². The molecule has 0 aromatic carbocycles. The fourth-order valence-electron chi connectivity index (χ4n) is 0.322. The first kappa shape index (κ1) is 8.32. The molecule has 0 spiro atoms. The van der Waals surface area contributed by atoms with Gasteiger partial charge in [-0.3, -0.25) is 0 Å². The number of nitrogens with zero attached hydrogens (tertiary/aromatic N) is 2. The summed E-state index contributed by atoms with van der Waals surface area (Å²) in [6, 6.07) is 0. The number of hydrogen-bond donors (Lipinski definition) is 0. The standard InChI is InChI=1S/C6H4N2O2/c1-2-3-6(7-4-9)8-5-10/h6H,1H3. The first-order valence-electron chi connectivity index (χ1n) is 2.41. The van der Waals surface area contributed by atoms with Crippen molar-refractivity contribution in [2.45, 2.75) is 13.1 Å². The summed E-state index contributed by atoms with van der Waals surface area (Å²) in [5.74, 6) is 4.82. The lowest BCUT2D eigenvalue weighted by Gasteiger charge is -1.85. The molecule has 4 heteroatoms. The number of hydrogen-bond acceptors (Lipinski definition) is 4. The Balaban J connectivity index is 4.35. The average molecular weight is 136 g/mol. The van der Waals surface area contributed by atoms with E-state index in [4.69, 9.17) is 0 Å². The van der Waals surface area contributed by atoms with Crippen molar-refractivity contribution >= 4 is 12.2 Å². The Bertz CT molecular complexity index is 231. The summed E-state index contributed by atoms with van der Waals surface area (Å²) in [6.45, 7) is 1.55. The van der Waals surface area contributed by atoms with Gasteiger partial charge < -0.3 is 0 Å². The fraction of sp³-hybridized carbons (Fsp3) is 0.333. The normalized spacial score (nSPS) is 9.30. The Morgan fingerprint density at radius 2 is 1.70 bits per heavy atom. The number of isocyanates is 2. The summed E-state index contributed by atoms with van der Waals surface area (Å²) in [5.41, 5.74) is 0. The van der Waals surface area contributed by atoms with Crippen LogP contribution in [0.4, 0.5) is 0 Å². The second kappa shape index (κ2) is 5.46. The largest absolute Gasteiger partial charge is 0.238 e. The van der Waals surface area contributed by atoms with E-state index >= 15 is 0 Å². The Labute approximate surface area is 57.7 Å². The predicted molar refractivity (Wildman–Crippen MR) is 33.5 cm³/mol. The van der Waals surface area contributed by atoms with Crippen molar-refractivity contribution in [3.05, 3.63) is 0 Å². The molecule has 0 saturated heterocycles. The molecule has 0 atom stereocenters. The summed E-state index contributed by atoms with van der Waals surface area (Å²) < 4.78 is 0. The van der Waals surface area contributed by atoms with E-state index in [1.807, 2.05) is 0 Å². The molecule has 0 amide bonds. The maximum Gasteiger partial charge on any atom is 0.238 e. The van der Waals surface area contributed by atoms with Gasteiger partial charge in [0.15, 0.2) is 0 Å². The van der Waals surface area contributed by atoms with Crippen LogP contribution in [0.2, 0.25) is 0 Å². The third kappa shape index (κ3) is 3.34. The molecule has 10 heavy (non-hydrogen) atoms. The van der Waals surface area contributed by atoms with E-state index in [1.54, 1.807) is 6.92 Å². The van der Waals surface area contributed by atoms with E-state index in [2.05, 4.69) is 21.8 Å². The third-order valence-corrected chi connectivity index (χ3v) is 0.623. The van der Waals surface area contributed by atoms with Gasteiger partial charge in [-0.15, -0.1) is 5.92 Å². The van der Waals surface area contributed by atoms with Crippen molar-refractivity contribution in [3.63, 3.8) is 0 Å². The molecule has 0 heterocycles. The van der Waals surface area contributed by atoms with E-state index in [9.17, 15) is 9.59 Å². The minimum atomic E-state index is -0.931. The maximum absolute atomic E-state index is 9.62. The van der Waals surface area contributed by atoms with Gasteiger partial charge >= 0.3 is 0 Å². The van der Waals surface area contributed by atoms with Crippen LogP contribution in [0.5, 0.6) is 0 Å². The quantitative estimate of drug-likeness (QED) is 0.305. The molecular weight excluding hydrogens is 132 g/mol. The van der Waals surface area contributed by atoms with Crippen molar-refractivity contribution < 1.29 is 9.59 Å². The van der Waals surface area contributed by atoms with Crippen LogP contribution in [0, 0.1) is 11.8 Å². The maximum atomic E-state index is 9.62. The monoisotopic (exact) mass is 136 g/mol. The zero-order valence-electron chi connectivity index (χ0n) is 5.29. The van der Waals surface area contributed by atoms with Crippen molar-refractivity contribution in [2.24, 2.45) is 9.98 Å². The van der Waals surface area contributed by atoms with Crippen LogP contribution in [0.1, 0.15) is 6.92 Å². The van der Waals surface area contributed by atoms with Gasteiger partial charge in [0.25, 0.3) is 0 Å². The topological polar surface area (TPSA) is 58.9 Å². The number of rotatable bonds is 2. The van der Waals surface area contributed by atoms with Crippen LogP contribution < -0.4 is 0 Å². The molecule has 0 fully saturated rings. The van der Waals surface area contributed by atoms with E-state index < -0.39 is 6.17 Å². The molecule has 0 aliphatic heterocycles. The van der Waals surface area contributed by atoms with Crippen LogP contribution in [0.15, 0.2) is 9.98 Å². The van der Waals surface area contributed by atoms with E-state index in [-0.39, 0.29) is 0 Å². The van der Waals surface area contributed by atoms with Gasteiger partial charge in [-0.05, 0) is 6.92 Å². The molecule has 0 bridgehead atoms. The van der Waals surface area contributed by atoms with Crippen molar-refractivity contribution in [3.8, 4) is 11.8 Å². The van der Waals surface area contributed by atoms with Gasteiger partial charge in [0.1, 0.15) is 0 Å². The summed E-state index contributed by atoms with van der Waals surface area (Å²) in [5, 5.41) is 0. The molecule has 0 unspecified atom stereocenters. The molecule has 0 N–H and O–H groups in total. The Morgan fingerprint density at radius 1 is 1.20 bits per heavy atom. The molecule has 50 valence electrons. The second-order valence-electron chi connectivity index (χ2n) is 1.21. The lowest BCUT2D eigenvalue weighted by atomic mass is 10.5. The van der Waals surface area contributed by atoms with Gasteiger partial charge in [-0.2, -0.15) is 9.98 Å². The fourth-order valence-corrected chi connectivity index (χ4v) is 0.322. The summed E-state index contributed by atoms with van der Waals surface area (Å²) in [4.78, 5) is 25.4. The highest BCUT2D eigenvalue weighted by Crippen LogP contribution is 1.86. The predicted octanol–water partition coefficient (Wildman–Crippen LogP) is 0.00740. The first-order valence-corrected chi connectivity index (χ1v) is 2.41. The molecule has 0 aliphatic carbocycles. The third-order valence-electron chi connectivity index (χ3n) is 0.623. The number of carbonyl (C=O) groups excluding carboxylic acids is 2. The molecular formula is C6H4N2O2.